The molecule has 63 heavy (non-hydrogen) atoms. The zero-order chi connectivity index (χ0) is 44.3. The second-order valence-corrected chi connectivity index (χ2v) is 16.7. The number of hydrogen-bond donors (Lipinski definition) is 3. The Morgan fingerprint density at radius 2 is 1.29 bits per heavy atom. The lowest BCUT2D eigenvalue weighted by Gasteiger charge is -2.27. The Bertz CT molecular complexity index is 2570. The molecule has 7 rings (SSSR count). The Balaban J connectivity index is 0.730. The van der Waals surface area contributed by atoms with Crippen LogP contribution in [0.25, 0.3) is 21.9 Å². The van der Waals surface area contributed by atoms with Gasteiger partial charge in [-0.15, -0.1) is 0 Å². The number of nitrogens with one attached hydrogen (secondary N) is 2. The lowest BCUT2D eigenvalue weighted by Crippen LogP contribution is -2.54. The number of imide groups is 2. The van der Waals surface area contributed by atoms with Gasteiger partial charge in [-0.3, -0.25) is 29.4 Å². The number of piperidine rings is 1. The van der Waals surface area contributed by atoms with E-state index in [-0.39, 0.29) is 47.8 Å². The van der Waals surface area contributed by atoms with Gasteiger partial charge in [-0.05, 0) is 96.2 Å². The number of ether oxygens (including phenoxy) is 6. The SMILES string of the molecule is CS(=O)(=O)c1ccc(-c2ccc3cc(O)ccc3c2Oc2ccc(OCCNCCOCCOCCOCCOc3ccc4c(c3)C(=O)N(C3CCC(=O)NC3=O)C4=O)cc2)cc1. The molecule has 1 saturated heterocycles. The molecule has 2 aliphatic rings. The zero-order valence-corrected chi connectivity index (χ0v) is 35.3. The second kappa shape index (κ2) is 20.7. The monoisotopic (exact) mass is 881 g/mol. The molecule has 0 radical (unpaired) electrons. The van der Waals surface area contributed by atoms with Crippen molar-refractivity contribution in [1.29, 1.82) is 0 Å². The predicted molar refractivity (Wildman–Crippen MR) is 230 cm³/mol. The Hall–Kier alpha value is -6.37. The zero-order valence-electron chi connectivity index (χ0n) is 34.5. The first-order chi connectivity index (χ1) is 30.5. The number of hydrogen-bond acceptors (Lipinski definition) is 14. The molecule has 0 saturated carbocycles. The smallest absolute Gasteiger partial charge is 0.262 e. The summed E-state index contributed by atoms with van der Waals surface area (Å²) < 4.78 is 58.7. The molecule has 0 spiro atoms. The third-order valence-electron chi connectivity index (χ3n) is 10.2. The van der Waals surface area contributed by atoms with Crippen LogP contribution in [0.3, 0.4) is 0 Å². The second-order valence-electron chi connectivity index (χ2n) is 14.7. The highest BCUT2D eigenvalue weighted by atomic mass is 32.2. The van der Waals surface area contributed by atoms with Crippen LogP contribution in [0.5, 0.6) is 28.7 Å². The number of rotatable bonds is 22. The quantitative estimate of drug-likeness (QED) is 0.0625. The van der Waals surface area contributed by atoms with E-state index in [1.807, 2.05) is 36.4 Å². The molecule has 0 aliphatic carbocycles. The molecule has 0 aromatic heterocycles. The van der Waals surface area contributed by atoms with E-state index in [0.717, 1.165) is 26.8 Å². The molecule has 1 unspecified atom stereocenters. The average Bonchev–Trinajstić information content (AvgIpc) is 3.51. The summed E-state index contributed by atoms with van der Waals surface area (Å²) in [7, 11) is -3.35. The molecule has 17 heteroatoms. The fraction of sp³-hybridized carbons (Fsp3) is 0.304. The van der Waals surface area contributed by atoms with Gasteiger partial charge in [-0.25, -0.2) is 8.42 Å². The normalized spacial score (nSPS) is 15.1. The Kier molecular flexibility index (Phi) is 14.7. The average molecular weight is 882 g/mol. The summed E-state index contributed by atoms with van der Waals surface area (Å²) in [6, 6.07) is 26.2. The van der Waals surface area contributed by atoms with Gasteiger partial charge in [0.2, 0.25) is 11.8 Å². The molecule has 0 bridgehead atoms. The topological polar surface area (TPSA) is 205 Å². The van der Waals surface area contributed by atoms with Gasteiger partial charge in [0.1, 0.15) is 48.0 Å². The van der Waals surface area contributed by atoms with Crippen molar-refractivity contribution in [1.82, 2.24) is 15.5 Å². The van der Waals surface area contributed by atoms with Gasteiger partial charge in [0.05, 0.1) is 55.7 Å². The molecule has 16 nitrogen and oxygen atoms in total. The number of fused-ring (bicyclic) bond motifs is 2. The van der Waals surface area contributed by atoms with Crippen molar-refractivity contribution in [2.75, 3.05) is 72.2 Å². The van der Waals surface area contributed by atoms with Crippen LogP contribution in [0.15, 0.2) is 102 Å². The maximum atomic E-state index is 13.0. The predicted octanol–water partition coefficient (Wildman–Crippen LogP) is 4.91. The van der Waals surface area contributed by atoms with Crippen LogP contribution in [-0.2, 0) is 33.6 Å². The molecule has 5 aromatic carbocycles. The summed E-state index contributed by atoms with van der Waals surface area (Å²) in [4.78, 5) is 50.7. The molecular formula is C46H47N3O13S. The molecule has 2 heterocycles. The van der Waals surface area contributed by atoms with Gasteiger partial charge >= 0.3 is 0 Å². The van der Waals surface area contributed by atoms with E-state index in [4.69, 9.17) is 28.4 Å². The van der Waals surface area contributed by atoms with Crippen molar-refractivity contribution in [3.8, 4) is 39.9 Å². The summed E-state index contributed by atoms with van der Waals surface area (Å²) >= 11 is 0. The Labute approximate surface area is 363 Å². The lowest BCUT2D eigenvalue weighted by molar-refractivity contribution is -0.136. The van der Waals surface area contributed by atoms with Gasteiger partial charge in [-0.1, -0.05) is 18.2 Å². The third kappa shape index (κ3) is 11.4. The number of aromatic hydroxyl groups is 1. The van der Waals surface area contributed by atoms with E-state index < -0.39 is 39.5 Å². The number of benzene rings is 5. The number of carbonyl (C=O) groups is 4. The first-order valence-electron chi connectivity index (χ1n) is 20.4. The minimum absolute atomic E-state index is 0.0520. The number of carbonyl (C=O) groups excluding carboxylic acids is 4. The summed E-state index contributed by atoms with van der Waals surface area (Å²) in [5, 5.41) is 17.1. The van der Waals surface area contributed by atoms with Gasteiger partial charge < -0.3 is 38.8 Å². The summed E-state index contributed by atoms with van der Waals surface area (Å²) in [6.07, 6.45) is 1.31. The van der Waals surface area contributed by atoms with Crippen molar-refractivity contribution in [3.63, 3.8) is 0 Å². The highest BCUT2D eigenvalue weighted by molar-refractivity contribution is 7.90. The van der Waals surface area contributed by atoms with Crippen LogP contribution in [0.4, 0.5) is 0 Å². The summed E-state index contributed by atoms with van der Waals surface area (Å²) in [6.45, 7) is 4.21. The minimum atomic E-state index is -3.35. The molecule has 5 aromatic rings. The van der Waals surface area contributed by atoms with E-state index in [2.05, 4.69) is 10.6 Å². The summed E-state index contributed by atoms with van der Waals surface area (Å²) in [5.74, 6) is 0.0752. The van der Waals surface area contributed by atoms with Gasteiger partial charge in [0.25, 0.3) is 11.8 Å². The highest BCUT2D eigenvalue weighted by Gasteiger charge is 2.44. The van der Waals surface area contributed by atoms with Crippen molar-refractivity contribution in [2.24, 2.45) is 0 Å². The van der Waals surface area contributed by atoms with E-state index >= 15 is 0 Å². The lowest BCUT2D eigenvalue weighted by atomic mass is 9.99. The number of nitrogens with zero attached hydrogens (tertiary/aromatic N) is 1. The largest absolute Gasteiger partial charge is 0.508 e. The Morgan fingerprint density at radius 1 is 0.667 bits per heavy atom. The number of phenols is 1. The molecule has 3 N–H and O–H groups in total. The van der Waals surface area contributed by atoms with E-state index in [1.54, 1.807) is 48.5 Å². The first kappa shape index (κ1) is 44.7. The number of phenolic OH excluding ortho intramolecular Hbond substituents is 1. The fourth-order valence-electron chi connectivity index (χ4n) is 7.04. The Morgan fingerprint density at radius 3 is 2.00 bits per heavy atom. The highest BCUT2D eigenvalue weighted by Crippen LogP contribution is 2.41. The minimum Gasteiger partial charge on any atom is -0.508 e. The van der Waals surface area contributed by atoms with Crippen molar-refractivity contribution in [3.05, 3.63) is 108 Å². The van der Waals surface area contributed by atoms with Crippen LogP contribution in [0, 0.1) is 0 Å². The van der Waals surface area contributed by atoms with Crippen LogP contribution in [0.2, 0.25) is 0 Å². The van der Waals surface area contributed by atoms with Gasteiger partial charge in [0.15, 0.2) is 9.84 Å². The third-order valence-corrected chi connectivity index (χ3v) is 11.3. The van der Waals surface area contributed by atoms with Crippen molar-refractivity contribution in [2.45, 2.75) is 23.8 Å². The maximum Gasteiger partial charge on any atom is 0.262 e. The maximum absolute atomic E-state index is 13.0. The van der Waals surface area contributed by atoms with Crippen LogP contribution < -0.4 is 24.8 Å². The van der Waals surface area contributed by atoms with E-state index in [9.17, 15) is 32.7 Å². The van der Waals surface area contributed by atoms with Gasteiger partial charge in [0, 0.05) is 36.7 Å². The van der Waals surface area contributed by atoms with Crippen molar-refractivity contribution >= 4 is 44.2 Å². The van der Waals surface area contributed by atoms with Crippen LogP contribution in [-0.4, -0.2) is 120 Å². The molecule has 330 valence electrons. The van der Waals surface area contributed by atoms with Crippen LogP contribution in [0.1, 0.15) is 33.6 Å². The van der Waals surface area contributed by atoms with E-state index in [1.165, 1.54) is 18.4 Å². The first-order valence-corrected chi connectivity index (χ1v) is 22.2. The fourth-order valence-corrected chi connectivity index (χ4v) is 7.67. The molecule has 1 atom stereocenters. The van der Waals surface area contributed by atoms with Crippen molar-refractivity contribution < 1.29 is 61.1 Å². The number of sulfone groups is 1. The molecule has 1 fully saturated rings. The van der Waals surface area contributed by atoms with E-state index in [0.29, 0.717) is 75.7 Å². The van der Waals surface area contributed by atoms with Gasteiger partial charge in [-0.2, -0.15) is 0 Å². The number of amides is 4. The van der Waals surface area contributed by atoms with Crippen LogP contribution >= 0.6 is 0 Å². The molecular weight excluding hydrogens is 835 g/mol. The standard InChI is InChI=1S/C46H47N3O13S/c1-63(55,56)36-11-2-30(3-12-36)37-13-4-31-28-32(50)5-14-38(31)43(37)62-34-8-6-33(7-9-34)60-21-19-47-18-20-57-22-23-58-24-25-59-26-27-61-35-10-15-39-40(29-35)46(54)49(45(39)53)41-16-17-42(51)48-44(41)52/h2-15,28-29,41,47,50H,16-27H2,1H3,(H,48,51,52). The molecule has 4 amide bonds. The summed E-state index contributed by atoms with van der Waals surface area (Å²) in [5.41, 5.74) is 1.88. The molecule has 2 aliphatic heterocycles.